The third-order valence-electron chi connectivity index (χ3n) is 2.45. The molecular weight excluding hydrogens is 212 g/mol. The number of fused-ring (bicyclic) bond motifs is 1. The fraction of sp³-hybridized carbons (Fsp3) is 0.385. The van der Waals surface area contributed by atoms with Gasteiger partial charge in [-0.15, -0.1) is 0 Å². The number of nitrogen functional groups attached to an aromatic ring is 1. The Morgan fingerprint density at radius 2 is 2.00 bits per heavy atom. The Hall–Kier alpha value is -1.84. The van der Waals surface area contributed by atoms with Crippen molar-refractivity contribution in [1.82, 2.24) is 9.97 Å². The Labute approximate surface area is 101 Å². The van der Waals surface area contributed by atoms with E-state index in [1.165, 1.54) is 0 Å². The molecule has 0 aliphatic heterocycles. The maximum Gasteiger partial charge on any atom is 0.137 e. The summed E-state index contributed by atoms with van der Waals surface area (Å²) in [6, 6.07) is 5.66. The van der Waals surface area contributed by atoms with Crippen LogP contribution in [0.25, 0.3) is 10.9 Å². The van der Waals surface area contributed by atoms with Crippen molar-refractivity contribution in [3.63, 3.8) is 0 Å². The molecule has 1 heterocycles. The van der Waals surface area contributed by atoms with Gasteiger partial charge in [-0.1, -0.05) is 20.8 Å². The van der Waals surface area contributed by atoms with Gasteiger partial charge in [0, 0.05) is 17.6 Å². The monoisotopic (exact) mass is 230 g/mol. The number of aromatic nitrogens is 2. The number of nitrogens with zero attached hydrogens (tertiary/aromatic N) is 2. The molecular formula is C13H18N4. The first kappa shape index (κ1) is 11.6. The summed E-state index contributed by atoms with van der Waals surface area (Å²) >= 11 is 0. The SMILES string of the molecule is CC(C)(C)CNc1ncnc2ccc(N)cc12. The fourth-order valence-electron chi connectivity index (χ4n) is 1.56. The van der Waals surface area contributed by atoms with Gasteiger partial charge in [0.2, 0.25) is 0 Å². The van der Waals surface area contributed by atoms with Gasteiger partial charge >= 0.3 is 0 Å². The number of benzene rings is 1. The van der Waals surface area contributed by atoms with Gasteiger partial charge in [-0.05, 0) is 23.6 Å². The molecule has 0 saturated carbocycles. The number of hydrogen-bond acceptors (Lipinski definition) is 4. The summed E-state index contributed by atoms with van der Waals surface area (Å²) < 4.78 is 0. The summed E-state index contributed by atoms with van der Waals surface area (Å²) in [6.07, 6.45) is 1.57. The second-order valence-corrected chi connectivity index (χ2v) is 5.41. The predicted molar refractivity (Wildman–Crippen MR) is 71.9 cm³/mol. The van der Waals surface area contributed by atoms with Crippen LogP contribution in [0, 0.1) is 5.41 Å². The van der Waals surface area contributed by atoms with Gasteiger partial charge in [0.05, 0.1) is 5.52 Å². The van der Waals surface area contributed by atoms with Crippen molar-refractivity contribution < 1.29 is 0 Å². The predicted octanol–water partition coefficient (Wildman–Crippen LogP) is 2.67. The summed E-state index contributed by atoms with van der Waals surface area (Å²) in [7, 11) is 0. The van der Waals surface area contributed by atoms with Gasteiger partial charge in [-0.25, -0.2) is 9.97 Å². The van der Waals surface area contributed by atoms with Crippen LogP contribution in [0.1, 0.15) is 20.8 Å². The van der Waals surface area contributed by atoms with E-state index in [2.05, 4.69) is 36.1 Å². The van der Waals surface area contributed by atoms with E-state index in [0.717, 1.165) is 29.0 Å². The minimum absolute atomic E-state index is 0.206. The molecule has 0 saturated heterocycles. The van der Waals surface area contributed by atoms with E-state index in [9.17, 15) is 0 Å². The Balaban J connectivity index is 2.36. The second kappa shape index (κ2) is 4.20. The zero-order valence-electron chi connectivity index (χ0n) is 10.5. The first-order valence-electron chi connectivity index (χ1n) is 5.70. The van der Waals surface area contributed by atoms with E-state index in [1.807, 2.05) is 18.2 Å². The molecule has 0 unspecified atom stereocenters. The number of nitrogens with two attached hydrogens (primary N) is 1. The van der Waals surface area contributed by atoms with Crippen LogP contribution in [-0.4, -0.2) is 16.5 Å². The zero-order valence-corrected chi connectivity index (χ0v) is 10.5. The molecule has 4 nitrogen and oxygen atoms in total. The van der Waals surface area contributed by atoms with Gasteiger partial charge < -0.3 is 11.1 Å². The molecule has 90 valence electrons. The molecule has 0 aliphatic rings. The maximum atomic E-state index is 5.79. The molecule has 1 aromatic heterocycles. The molecule has 0 amide bonds. The minimum Gasteiger partial charge on any atom is -0.399 e. The molecule has 2 aromatic rings. The summed E-state index contributed by atoms with van der Waals surface area (Å²) in [5.41, 5.74) is 7.63. The van der Waals surface area contributed by atoms with E-state index < -0.39 is 0 Å². The maximum absolute atomic E-state index is 5.79. The molecule has 0 aliphatic carbocycles. The molecule has 1 aromatic carbocycles. The Bertz CT molecular complexity index is 528. The second-order valence-electron chi connectivity index (χ2n) is 5.41. The van der Waals surface area contributed by atoms with Crippen molar-refractivity contribution in [2.24, 2.45) is 5.41 Å². The summed E-state index contributed by atoms with van der Waals surface area (Å²) in [5.74, 6) is 0.845. The quantitative estimate of drug-likeness (QED) is 0.778. The van der Waals surface area contributed by atoms with Crippen LogP contribution in [0.3, 0.4) is 0 Å². The highest BCUT2D eigenvalue weighted by atomic mass is 15.0. The van der Waals surface area contributed by atoms with Gasteiger partial charge in [-0.2, -0.15) is 0 Å². The molecule has 2 rings (SSSR count). The molecule has 0 spiro atoms. The van der Waals surface area contributed by atoms with Crippen molar-refractivity contribution >= 4 is 22.4 Å². The average Bonchev–Trinajstić information content (AvgIpc) is 2.25. The van der Waals surface area contributed by atoms with Crippen molar-refractivity contribution in [2.75, 3.05) is 17.6 Å². The van der Waals surface area contributed by atoms with Crippen molar-refractivity contribution in [3.8, 4) is 0 Å². The third-order valence-corrected chi connectivity index (χ3v) is 2.45. The minimum atomic E-state index is 0.206. The number of anilines is 2. The van der Waals surface area contributed by atoms with E-state index in [1.54, 1.807) is 6.33 Å². The first-order valence-corrected chi connectivity index (χ1v) is 5.70. The van der Waals surface area contributed by atoms with Crippen molar-refractivity contribution in [2.45, 2.75) is 20.8 Å². The fourth-order valence-corrected chi connectivity index (χ4v) is 1.56. The average molecular weight is 230 g/mol. The highest BCUT2D eigenvalue weighted by molar-refractivity contribution is 5.91. The first-order chi connectivity index (χ1) is 7.96. The molecule has 0 radical (unpaired) electrons. The normalized spacial score (nSPS) is 11.7. The molecule has 3 N–H and O–H groups in total. The number of rotatable bonds is 2. The smallest absolute Gasteiger partial charge is 0.137 e. The van der Waals surface area contributed by atoms with E-state index in [0.29, 0.717) is 0 Å². The lowest BCUT2D eigenvalue weighted by Crippen LogP contribution is -2.19. The third kappa shape index (κ3) is 2.84. The highest BCUT2D eigenvalue weighted by Gasteiger charge is 2.11. The van der Waals surface area contributed by atoms with Crippen LogP contribution in [0.4, 0.5) is 11.5 Å². The number of hydrogen-bond donors (Lipinski definition) is 2. The van der Waals surface area contributed by atoms with Crippen molar-refractivity contribution in [1.29, 1.82) is 0 Å². The largest absolute Gasteiger partial charge is 0.399 e. The van der Waals surface area contributed by atoms with Gasteiger partial charge in [-0.3, -0.25) is 0 Å². The molecule has 0 bridgehead atoms. The topological polar surface area (TPSA) is 63.8 Å². The van der Waals surface area contributed by atoms with Crippen LogP contribution in [0.2, 0.25) is 0 Å². The van der Waals surface area contributed by atoms with E-state index >= 15 is 0 Å². The van der Waals surface area contributed by atoms with Gasteiger partial charge in [0.15, 0.2) is 0 Å². The summed E-state index contributed by atoms with van der Waals surface area (Å²) in [6.45, 7) is 7.39. The van der Waals surface area contributed by atoms with E-state index in [-0.39, 0.29) is 5.41 Å². The van der Waals surface area contributed by atoms with Gasteiger partial charge in [0.25, 0.3) is 0 Å². The standard InChI is InChI=1S/C13H18N4/c1-13(2,3)7-15-12-10-6-9(14)4-5-11(10)16-8-17-12/h4-6,8H,7,14H2,1-3H3,(H,15,16,17). The number of nitrogens with one attached hydrogen (secondary N) is 1. The molecule has 0 fully saturated rings. The van der Waals surface area contributed by atoms with Crippen molar-refractivity contribution in [3.05, 3.63) is 24.5 Å². The van der Waals surface area contributed by atoms with Crippen LogP contribution < -0.4 is 11.1 Å². The Kier molecular flexibility index (Phi) is 2.88. The molecule has 4 heteroatoms. The van der Waals surface area contributed by atoms with Crippen LogP contribution in [0.5, 0.6) is 0 Å². The Morgan fingerprint density at radius 3 is 2.71 bits per heavy atom. The Morgan fingerprint density at radius 1 is 1.24 bits per heavy atom. The lowest BCUT2D eigenvalue weighted by atomic mass is 9.97. The van der Waals surface area contributed by atoms with Gasteiger partial charge in [0.1, 0.15) is 12.1 Å². The van der Waals surface area contributed by atoms with E-state index in [4.69, 9.17) is 5.73 Å². The van der Waals surface area contributed by atoms with Crippen LogP contribution in [0.15, 0.2) is 24.5 Å². The summed E-state index contributed by atoms with van der Waals surface area (Å²) in [5, 5.41) is 4.32. The zero-order chi connectivity index (χ0) is 12.5. The highest BCUT2D eigenvalue weighted by Crippen LogP contribution is 2.23. The molecule has 0 atom stereocenters. The summed E-state index contributed by atoms with van der Waals surface area (Å²) in [4.78, 5) is 8.49. The lowest BCUT2D eigenvalue weighted by molar-refractivity contribution is 0.442. The van der Waals surface area contributed by atoms with Crippen LogP contribution in [-0.2, 0) is 0 Å². The lowest BCUT2D eigenvalue weighted by Gasteiger charge is -2.19. The van der Waals surface area contributed by atoms with Crippen LogP contribution >= 0.6 is 0 Å². The molecule has 17 heavy (non-hydrogen) atoms.